The molecule has 1 unspecified atom stereocenters. The Labute approximate surface area is 97.7 Å². The maximum absolute atomic E-state index is 12.8. The highest BCUT2D eigenvalue weighted by molar-refractivity contribution is 7.99. The van der Waals surface area contributed by atoms with E-state index in [1.54, 1.807) is 30.2 Å². The van der Waals surface area contributed by atoms with Gasteiger partial charge in [-0.25, -0.2) is 4.39 Å². The number of thioether (sulfide) groups is 1. The van der Waals surface area contributed by atoms with Crippen LogP contribution in [0.1, 0.15) is 17.7 Å². The van der Waals surface area contributed by atoms with Crippen LogP contribution in [-0.4, -0.2) is 14.8 Å². The molecule has 2 rings (SSSR count). The average molecular weight is 237 g/mol. The van der Waals surface area contributed by atoms with E-state index in [-0.39, 0.29) is 11.1 Å². The molecule has 16 heavy (non-hydrogen) atoms. The Hall–Kier alpha value is -1.36. The van der Waals surface area contributed by atoms with Gasteiger partial charge in [0.15, 0.2) is 5.16 Å². The van der Waals surface area contributed by atoms with Gasteiger partial charge in [0.2, 0.25) is 0 Å². The molecule has 0 spiro atoms. The van der Waals surface area contributed by atoms with Gasteiger partial charge in [0, 0.05) is 12.3 Å². The summed E-state index contributed by atoms with van der Waals surface area (Å²) < 4.78 is 14.6. The minimum Gasteiger partial charge on any atom is -0.312 e. The molecule has 0 fully saturated rings. The summed E-state index contributed by atoms with van der Waals surface area (Å²) in [6.45, 7) is 2.06. The standard InChI is InChI=1S/C11H12FN3S/c1-8(9-3-5-10(12)6-4-9)16-11-14-13-7-15(11)2/h3-8H,1-2H3. The van der Waals surface area contributed by atoms with Crippen LogP contribution < -0.4 is 0 Å². The maximum Gasteiger partial charge on any atom is 0.191 e. The third kappa shape index (κ3) is 2.41. The second kappa shape index (κ2) is 4.65. The molecule has 0 amide bonds. The van der Waals surface area contributed by atoms with Gasteiger partial charge in [-0.1, -0.05) is 23.9 Å². The van der Waals surface area contributed by atoms with Crippen molar-refractivity contribution in [1.82, 2.24) is 14.8 Å². The van der Waals surface area contributed by atoms with Gasteiger partial charge in [0.1, 0.15) is 12.1 Å². The molecule has 1 heterocycles. The van der Waals surface area contributed by atoms with Crippen molar-refractivity contribution in [2.75, 3.05) is 0 Å². The van der Waals surface area contributed by atoms with Crippen LogP contribution in [0.2, 0.25) is 0 Å². The minimum atomic E-state index is -0.209. The second-order valence-electron chi connectivity index (χ2n) is 3.54. The molecular formula is C11H12FN3S. The van der Waals surface area contributed by atoms with Crippen molar-refractivity contribution in [3.05, 3.63) is 42.0 Å². The molecule has 3 nitrogen and oxygen atoms in total. The molecule has 1 atom stereocenters. The Balaban J connectivity index is 2.11. The SMILES string of the molecule is CC(Sc1nncn1C)c1ccc(F)cc1. The highest BCUT2D eigenvalue weighted by Crippen LogP contribution is 2.32. The lowest BCUT2D eigenvalue weighted by Crippen LogP contribution is -1.94. The number of rotatable bonds is 3. The topological polar surface area (TPSA) is 30.7 Å². The molecule has 0 saturated heterocycles. The minimum absolute atomic E-state index is 0.209. The summed E-state index contributed by atoms with van der Waals surface area (Å²) in [5.74, 6) is -0.209. The van der Waals surface area contributed by atoms with Gasteiger partial charge in [-0.05, 0) is 24.6 Å². The molecule has 0 aliphatic heterocycles. The quantitative estimate of drug-likeness (QED) is 0.769. The lowest BCUT2D eigenvalue weighted by molar-refractivity contribution is 0.627. The molecule has 5 heteroatoms. The molecule has 2 aromatic rings. The van der Waals surface area contributed by atoms with E-state index in [0.29, 0.717) is 0 Å². The van der Waals surface area contributed by atoms with Crippen LogP contribution in [0.3, 0.4) is 0 Å². The van der Waals surface area contributed by atoms with Crippen LogP contribution in [-0.2, 0) is 7.05 Å². The fraction of sp³-hybridized carbons (Fsp3) is 0.273. The first-order valence-electron chi connectivity index (χ1n) is 4.93. The summed E-state index contributed by atoms with van der Waals surface area (Å²) in [5, 5.41) is 8.90. The van der Waals surface area contributed by atoms with Crippen molar-refractivity contribution < 1.29 is 4.39 Å². The lowest BCUT2D eigenvalue weighted by Gasteiger charge is -2.10. The summed E-state index contributed by atoms with van der Waals surface area (Å²) in [4.78, 5) is 0. The van der Waals surface area contributed by atoms with Gasteiger partial charge in [-0.15, -0.1) is 10.2 Å². The smallest absolute Gasteiger partial charge is 0.191 e. The highest BCUT2D eigenvalue weighted by atomic mass is 32.2. The third-order valence-corrected chi connectivity index (χ3v) is 3.50. The Bertz CT molecular complexity index is 466. The first-order chi connectivity index (χ1) is 7.66. The van der Waals surface area contributed by atoms with Crippen LogP contribution in [0.15, 0.2) is 35.7 Å². The molecule has 0 saturated carbocycles. The van der Waals surface area contributed by atoms with E-state index >= 15 is 0 Å². The molecule has 0 aliphatic carbocycles. The number of aromatic nitrogens is 3. The number of aryl methyl sites for hydroxylation is 1. The number of hydrogen-bond acceptors (Lipinski definition) is 3. The fourth-order valence-electron chi connectivity index (χ4n) is 1.34. The Morgan fingerprint density at radius 3 is 2.56 bits per heavy atom. The molecule has 0 bridgehead atoms. The van der Waals surface area contributed by atoms with Gasteiger partial charge < -0.3 is 4.57 Å². The first-order valence-corrected chi connectivity index (χ1v) is 5.81. The van der Waals surface area contributed by atoms with E-state index in [1.165, 1.54) is 12.1 Å². The molecule has 0 aliphatic rings. The zero-order chi connectivity index (χ0) is 11.5. The first kappa shape index (κ1) is 11.1. The van der Waals surface area contributed by atoms with Crippen molar-refractivity contribution in [2.24, 2.45) is 7.05 Å². The van der Waals surface area contributed by atoms with Crippen LogP contribution in [0.5, 0.6) is 0 Å². The maximum atomic E-state index is 12.8. The average Bonchev–Trinajstić information content (AvgIpc) is 2.65. The van der Waals surface area contributed by atoms with E-state index in [4.69, 9.17) is 0 Å². The highest BCUT2D eigenvalue weighted by Gasteiger charge is 2.10. The van der Waals surface area contributed by atoms with E-state index in [9.17, 15) is 4.39 Å². The molecular weight excluding hydrogens is 225 g/mol. The number of hydrogen-bond donors (Lipinski definition) is 0. The van der Waals surface area contributed by atoms with Crippen molar-refractivity contribution in [3.8, 4) is 0 Å². The zero-order valence-corrected chi connectivity index (χ0v) is 9.91. The summed E-state index contributed by atoms with van der Waals surface area (Å²) in [6, 6.07) is 6.54. The van der Waals surface area contributed by atoms with Gasteiger partial charge in [-0.3, -0.25) is 0 Å². The van der Waals surface area contributed by atoms with Crippen molar-refractivity contribution >= 4 is 11.8 Å². The Morgan fingerprint density at radius 1 is 1.31 bits per heavy atom. The van der Waals surface area contributed by atoms with E-state index < -0.39 is 0 Å². The van der Waals surface area contributed by atoms with Crippen LogP contribution >= 0.6 is 11.8 Å². The number of halogens is 1. The van der Waals surface area contributed by atoms with Crippen LogP contribution in [0, 0.1) is 5.82 Å². The molecule has 0 radical (unpaired) electrons. The monoisotopic (exact) mass is 237 g/mol. The van der Waals surface area contributed by atoms with Crippen molar-refractivity contribution in [2.45, 2.75) is 17.3 Å². The third-order valence-electron chi connectivity index (χ3n) is 2.29. The summed E-state index contributed by atoms with van der Waals surface area (Å²) in [6.07, 6.45) is 1.67. The normalized spacial score (nSPS) is 12.7. The van der Waals surface area contributed by atoms with Crippen molar-refractivity contribution in [1.29, 1.82) is 0 Å². The van der Waals surface area contributed by atoms with Gasteiger partial charge in [0.25, 0.3) is 0 Å². The lowest BCUT2D eigenvalue weighted by atomic mass is 10.2. The van der Waals surface area contributed by atoms with Gasteiger partial charge in [-0.2, -0.15) is 0 Å². The second-order valence-corrected chi connectivity index (χ2v) is 4.84. The predicted molar refractivity (Wildman–Crippen MR) is 61.7 cm³/mol. The number of benzene rings is 1. The summed E-state index contributed by atoms with van der Waals surface area (Å²) >= 11 is 1.60. The molecule has 0 N–H and O–H groups in total. The van der Waals surface area contributed by atoms with E-state index in [1.807, 2.05) is 11.6 Å². The van der Waals surface area contributed by atoms with Gasteiger partial charge in [0.05, 0.1) is 0 Å². The van der Waals surface area contributed by atoms with Crippen LogP contribution in [0.25, 0.3) is 0 Å². The molecule has 1 aromatic carbocycles. The zero-order valence-electron chi connectivity index (χ0n) is 9.09. The van der Waals surface area contributed by atoms with E-state index in [2.05, 4.69) is 17.1 Å². The van der Waals surface area contributed by atoms with E-state index in [0.717, 1.165) is 10.7 Å². The van der Waals surface area contributed by atoms with Crippen molar-refractivity contribution in [3.63, 3.8) is 0 Å². The predicted octanol–water partition coefficient (Wildman–Crippen LogP) is 2.81. The molecule has 1 aromatic heterocycles. The largest absolute Gasteiger partial charge is 0.312 e. The van der Waals surface area contributed by atoms with Crippen LogP contribution in [0.4, 0.5) is 4.39 Å². The summed E-state index contributed by atoms with van der Waals surface area (Å²) in [5.41, 5.74) is 1.08. The number of nitrogens with zero attached hydrogens (tertiary/aromatic N) is 3. The molecule has 84 valence electrons. The summed E-state index contributed by atoms with van der Waals surface area (Å²) in [7, 11) is 1.90. The van der Waals surface area contributed by atoms with Gasteiger partial charge >= 0.3 is 0 Å². The Morgan fingerprint density at radius 2 is 2.00 bits per heavy atom. The Kier molecular flexibility index (Phi) is 3.24. The fourth-order valence-corrected chi connectivity index (χ4v) is 2.26.